The van der Waals surface area contributed by atoms with Crippen LogP contribution >= 0.6 is 0 Å². The van der Waals surface area contributed by atoms with Crippen molar-refractivity contribution < 1.29 is 21.7 Å². The summed E-state index contributed by atoms with van der Waals surface area (Å²) in [5.41, 5.74) is 0.313. The lowest BCUT2D eigenvalue weighted by atomic mass is 10.2. The quantitative estimate of drug-likeness (QED) is 0.869. The van der Waals surface area contributed by atoms with Gasteiger partial charge in [-0.15, -0.1) is 0 Å². The van der Waals surface area contributed by atoms with Crippen molar-refractivity contribution in [3.05, 3.63) is 46.9 Å². The lowest BCUT2D eigenvalue weighted by molar-refractivity contribution is 0.389. The first-order chi connectivity index (χ1) is 9.73. The Morgan fingerprint density at radius 2 is 1.95 bits per heavy atom. The van der Waals surface area contributed by atoms with Crippen LogP contribution in [0.15, 0.2) is 27.6 Å². The molecule has 0 atom stereocenters. The van der Waals surface area contributed by atoms with E-state index in [1.165, 1.54) is 27.0 Å². The zero-order valence-electron chi connectivity index (χ0n) is 11.7. The Kier molecular flexibility index (Phi) is 4.11. The molecule has 0 aliphatic rings. The van der Waals surface area contributed by atoms with Crippen LogP contribution in [0.4, 0.5) is 8.78 Å². The summed E-state index contributed by atoms with van der Waals surface area (Å²) in [6.07, 6.45) is 0. The number of rotatable bonds is 4. The fraction of sp³-hybridized carbons (Fsp3) is 0.308. The molecule has 2 rings (SSSR count). The number of aromatic nitrogens is 1. The minimum Gasteiger partial charge on any atom is -0.360 e. The van der Waals surface area contributed by atoms with Crippen LogP contribution in [0.2, 0.25) is 0 Å². The van der Waals surface area contributed by atoms with Gasteiger partial charge < -0.3 is 4.52 Å². The normalized spacial score (nSPS) is 12.1. The Labute approximate surface area is 121 Å². The molecule has 0 bridgehead atoms. The molecule has 0 aliphatic carbocycles. The van der Waals surface area contributed by atoms with Gasteiger partial charge in [0.05, 0.1) is 0 Å². The Bertz CT molecular complexity index is 752. The summed E-state index contributed by atoms with van der Waals surface area (Å²) in [5, 5.41) is 3.60. The first-order valence-electron chi connectivity index (χ1n) is 6.06. The van der Waals surface area contributed by atoms with Crippen LogP contribution in [0, 0.1) is 25.5 Å². The standard InChI is InChI=1S/C13H14F2N2O3S/c1-8-13(9(2)20-16-8)21(18,19)17(3)7-10-4-5-11(14)6-12(10)15/h4-6H,7H2,1-3H3. The third-order valence-corrected chi connectivity index (χ3v) is 5.09. The Balaban J connectivity index is 2.33. The minimum absolute atomic E-state index is 0.0347. The monoisotopic (exact) mass is 316 g/mol. The van der Waals surface area contributed by atoms with E-state index in [0.29, 0.717) is 6.07 Å². The van der Waals surface area contributed by atoms with Gasteiger partial charge in [0.2, 0.25) is 10.0 Å². The Hall–Kier alpha value is -1.80. The Morgan fingerprint density at radius 1 is 1.29 bits per heavy atom. The zero-order valence-corrected chi connectivity index (χ0v) is 12.5. The molecule has 1 aromatic heterocycles. The highest BCUT2D eigenvalue weighted by Crippen LogP contribution is 2.24. The highest BCUT2D eigenvalue weighted by Gasteiger charge is 2.29. The predicted molar refractivity (Wildman–Crippen MR) is 71.0 cm³/mol. The summed E-state index contributed by atoms with van der Waals surface area (Å²) in [4.78, 5) is -0.0347. The van der Waals surface area contributed by atoms with Crippen molar-refractivity contribution >= 4 is 10.0 Å². The van der Waals surface area contributed by atoms with Crippen molar-refractivity contribution in [2.45, 2.75) is 25.3 Å². The van der Waals surface area contributed by atoms with E-state index >= 15 is 0 Å². The van der Waals surface area contributed by atoms with Gasteiger partial charge in [0.15, 0.2) is 5.76 Å². The summed E-state index contributed by atoms with van der Waals surface area (Å²) in [6.45, 7) is 2.77. The summed E-state index contributed by atoms with van der Waals surface area (Å²) in [5.74, 6) is -1.35. The minimum atomic E-state index is -3.87. The maximum Gasteiger partial charge on any atom is 0.248 e. The van der Waals surface area contributed by atoms with E-state index in [1.54, 1.807) is 0 Å². The molecule has 0 saturated carbocycles. The number of sulfonamides is 1. The summed E-state index contributed by atoms with van der Waals surface area (Å²) >= 11 is 0. The SMILES string of the molecule is Cc1noc(C)c1S(=O)(=O)N(C)Cc1ccc(F)cc1F. The Morgan fingerprint density at radius 3 is 2.48 bits per heavy atom. The fourth-order valence-electron chi connectivity index (χ4n) is 1.97. The van der Waals surface area contributed by atoms with Crippen molar-refractivity contribution in [2.24, 2.45) is 0 Å². The van der Waals surface area contributed by atoms with Crippen molar-refractivity contribution in [3.63, 3.8) is 0 Å². The average Bonchev–Trinajstić information content (AvgIpc) is 2.72. The van der Waals surface area contributed by atoms with E-state index in [9.17, 15) is 17.2 Å². The van der Waals surface area contributed by atoms with E-state index in [4.69, 9.17) is 4.52 Å². The lowest BCUT2D eigenvalue weighted by Gasteiger charge is -2.17. The maximum atomic E-state index is 13.6. The first kappa shape index (κ1) is 15.6. The van der Waals surface area contributed by atoms with E-state index in [2.05, 4.69) is 5.16 Å². The molecule has 21 heavy (non-hydrogen) atoms. The third-order valence-electron chi connectivity index (χ3n) is 3.04. The predicted octanol–water partition coefficient (Wildman–Crippen LogP) is 2.39. The maximum absolute atomic E-state index is 13.6. The molecule has 0 amide bonds. The van der Waals surface area contributed by atoms with Gasteiger partial charge in [-0.1, -0.05) is 11.2 Å². The molecule has 1 aromatic carbocycles. The van der Waals surface area contributed by atoms with Gasteiger partial charge in [0.25, 0.3) is 0 Å². The highest BCUT2D eigenvalue weighted by molar-refractivity contribution is 7.89. The summed E-state index contributed by atoms with van der Waals surface area (Å²) in [6, 6.07) is 3.00. The van der Waals surface area contributed by atoms with Crippen LogP contribution in [0.1, 0.15) is 17.0 Å². The average molecular weight is 316 g/mol. The van der Waals surface area contributed by atoms with Gasteiger partial charge in [-0.25, -0.2) is 17.2 Å². The lowest BCUT2D eigenvalue weighted by Crippen LogP contribution is -2.27. The smallest absolute Gasteiger partial charge is 0.248 e. The largest absolute Gasteiger partial charge is 0.360 e. The van der Waals surface area contributed by atoms with Gasteiger partial charge >= 0.3 is 0 Å². The topological polar surface area (TPSA) is 63.4 Å². The second kappa shape index (κ2) is 5.53. The first-order valence-corrected chi connectivity index (χ1v) is 7.50. The number of hydrogen-bond acceptors (Lipinski definition) is 4. The van der Waals surface area contributed by atoms with Gasteiger partial charge in [-0.2, -0.15) is 4.31 Å². The van der Waals surface area contributed by atoms with Gasteiger partial charge in [-0.3, -0.25) is 0 Å². The molecule has 0 saturated heterocycles. The molecule has 1 heterocycles. The third kappa shape index (κ3) is 2.96. The molecule has 114 valence electrons. The number of nitrogens with zero attached hydrogens (tertiary/aromatic N) is 2. The van der Waals surface area contributed by atoms with Crippen molar-refractivity contribution in [1.82, 2.24) is 9.46 Å². The number of hydrogen-bond donors (Lipinski definition) is 0. The van der Waals surface area contributed by atoms with E-state index in [1.807, 2.05) is 0 Å². The van der Waals surface area contributed by atoms with Crippen LogP contribution in [-0.4, -0.2) is 24.9 Å². The molecule has 2 aromatic rings. The zero-order chi connectivity index (χ0) is 15.8. The number of halogens is 2. The molecular weight excluding hydrogens is 302 g/mol. The van der Waals surface area contributed by atoms with Gasteiger partial charge in [-0.05, 0) is 19.9 Å². The molecule has 0 aliphatic heterocycles. The van der Waals surface area contributed by atoms with Crippen LogP contribution in [0.3, 0.4) is 0 Å². The highest BCUT2D eigenvalue weighted by atomic mass is 32.2. The van der Waals surface area contributed by atoms with Crippen molar-refractivity contribution in [1.29, 1.82) is 0 Å². The number of aryl methyl sites for hydroxylation is 2. The second-order valence-corrected chi connectivity index (χ2v) is 6.63. The van der Waals surface area contributed by atoms with E-state index < -0.39 is 21.7 Å². The molecule has 5 nitrogen and oxygen atoms in total. The summed E-state index contributed by atoms with van der Waals surface area (Å²) < 4.78 is 57.2. The van der Waals surface area contributed by atoms with Crippen molar-refractivity contribution in [3.8, 4) is 0 Å². The van der Waals surface area contributed by atoms with Crippen LogP contribution in [-0.2, 0) is 16.6 Å². The molecule has 0 unspecified atom stereocenters. The molecular formula is C13H14F2N2O3S. The molecule has 0 N–H and O–H groups in total. The van der Waals surface area contributed by atoms with Crippen LogP contribution in [0.25, 0.3) is 0 Å². The fourth-order valence-corrected chi connectivity index (χ4v) is 3.41. The van der Waals surface area contributed by atoms with Crippen LogP contribution < -0.4 is 0 Å². The van der Waals surface area contributed by atoms with E-state index in [0.717, 1.165) is 10.4 Å². The van der Waals surface area contributed by atoms with Gasteiger partial charge in [0, 0.05) is 25.2 Å². The van der Waals surface area contributed by atoms with Gasteiger partial charge in [0.1, 0.15) is 22.2 Å². The van der Waals surface area contributed by atoms with Crippen LogP contribution in [0.5, 0.6) is 0 Å². The molecule has 0 radical (unpaired) electrons. The second-order valence-electron chi connectivity index (χ2n) is 4.65. The number of benzene rings is 1. The summed E-state index contributed by atoms with van der Waals surface area (Å²) in [7, 11) is -2.56. The van der Waals surface area contributed by atoms with E-state index in [-0.39, 0.29) is 28.5 Å². The molecule has 0 spiro atoms. The molecule has 8 heteroatoms. The van der Waals surface area contributed by atoms with Crippen molar-refractivity contribution in [2.75, 3.05) is 7.05 Å². The molecule has 0 fully saturated rings.